The van der Waals surface area contributed by atoms with Crippen molar-refractivity contribution in [2.24, 2.45) is 0 Å². The second-order valence-corrected chi connectivity index (χ2v) is 4.73. The highest BCUT2D eigenvalue weighted by atomic mass is 79.9. The molecule has 0 aliphatic rings. The average Bonchev–Trinajstić information content (AvgIpc) is 2.86. The van der Waals surface area contributed by atoms with Gasteiger partial charge >= 0.3 is 0 Å². The molecule has 20 heavy (non-hydrogen) atoms. The van der Waals surface area contributed by atoms with Crippen LogP contribution in [0.3, 0.4) is 0 Å². The molecule has 0 spiro atoms. The maximum absolute atomic E-state index is 12.1. The molecular weight excluding hydrogens is 328 g/mol. The van der Waals surface area contributed by atoms with Gasteiger partial charge in [-0.05, 0) is 28.9 Å². The van der Waals surface area contributed by atoms with Gasteiger partial charge in [0.25, 0.3) is 11.6 Å². The standard InChI is InChI=1S/C12H11BrN4O3/c1-2-16-7-8(6-14-16)15-12(18)9-4-3-5-10(11(9)13)17(19)20/h3-7H,2H2,1H3,(H,15,18). The number of aryl methyl sites for hydroxylation is 1. The molecule has 0 aliphatic heterocycles. The number of hydrogen-bond acceptors (Lipinski definition) is 4. The van der Waals surface area contributed by atoms with Gasteiger partial charge in [-0.3, -0.25) is 19.6 Å². The molecule has 2 aromatic rings. The minimum absolute atomic E-state index is 0.151. The Labute approximate surface area is 122 Å². The lowest BCUT2D eigenvalue weighted by atomic mass is 10.2. The normalized spacial score (nSPS) is 10.3. The highest BCUT2D eigenvalue weighted by molar-refractivity contribution is 9.10. The van der Waals surface area contributed by atoms with Gasteiger partial charge in [-0.1, -0.05) is 6.07 Å². The number of benzene rings is 1. The van der Waals surface area contributed by atoms with Crippen LogP contribution in [0.1, 0.15) is 17.3 Å². The number of nitro groups is 1. The van der Waals surface area contributed by atoms with E-state index in [0.29, 0.717) is 12.2 Å². The largest absolute Gasteiger partial charge is 0.319 e. The molecule has 0 saturated carbocycles. The first-order chi connectivity index (χ1) is 9.52. The van der Waals surface area contributed by atoms with Gasteiger partial charge in [0.2, 0.25) is 0 Å². The van der Waals surface area contributed by atoms with E-state index in [9.17, 15) is 14.9 Å². The van der Waals surface area contributed by atoms with Crippen molar-refractivity contribution in [1.82, 2.24) is 9.78 Å². The summed E-state index contributed by atoms with van der Waals surface area (Å²) in [5.74, 6) is -0.434. The molecule has 1 aromatic heterocycles. The summed E-state index contributed by atoms with van der Waals surface area (Å²) >= 11 is 3.09. The smallest absolute Gasteiger partial charge is 0.284 e. The summed E-state index contributed by atoms with van der Waals surface area (Å²) < 4.78 is 1.82. The van der Waals surface area contributed by atoms with Gasteiger partial charge < -0.3 is 5.32 Å². The first kappa shape index (κ1) is 14.2. The van der Waals surface area contributed by atoms with E-state index in [4.69, 9.17) is 0 Å². The van der Waals surface area contributed by atoms with Gasteiger partial charge in [-0.25, -0.2) is 0 Å². The third kappa shape index (κ3) is 2.85. The van der Waals surface area contributed by atoms with E-state index in [1.807, 2.05) is 6.92 Å². The monoisotopic (exact) mass is 338 g/mol. The molecule has 0 unspecified atom stereocenters. The number of rotatable bonds is 4. The lowest BCUT2D eigenvalue weighted by Crippen LogP contribution is -2.12. The highest BCUT2D eigenvalue weighted by Gasteiger charge is 2.19. The number of carbonyl (C=O) groups is 1. The molecule has 0 bridgehead atoms. The Morgan fingerprint density at radius 1 is 1.55 bits per heavy atom. The number of nitrogens with zero attached hydrogens (tertiary/aromatic N) is 3. The molecule has 1 N–H and O–H groups in total. The molecule has 1 aromatic carbocycles. The number of carbonyl (C=O) groups excluding carboxylic acids is 1. The van der Waals surface area contributed by atoms with Crippen LogP contribution in [0.5, 0.6) is 0 Å². The van der Waals surface area contributed by atoms with E-state index in [0.717, 1.165) is 0 Å². The maximum Gasteiger partial charge on any atom is 0.284 e. The zero-order chi connectivity index (χ0) is 14.7. The van der Waals surface area contributed by atoms with Crippen molar-refractivity contribution >= 4 is 33.2 Å². The zero-order valence-electron chi connectivity index (χ0n) is 10.5. The van der Waals surface area contributed by atoms with Gasteiger partial charge in [-0.2, -0.15) is 5.10 Å². The summed E-state index contributed by atoms with van der Waals surface area (Å²) in [6.07, 6.45) is 3.20. The van der Waals surface area contributed by atoms with E-state index < -0.39 is 10.8 Å². The van der Waals surface area contributed by atoms with Crippen LogP contribution in [0.2, 0.25) is 0 Å². The molecule has 0 fully saturated rings. The molecule has 2 rings (SSSR count). The first-order valence-corrected chi connectivity index (χ1v) is 6.59. The Morgan fingerprint density at radius 3 is 2.90 bits per heavy atom. The number of hydrogen-bond donors (Lipinski definition) is 1. The molecule has 104 valence electrons. The topological polar surface area (TPSA) is 90.1 Å². The fraction of sp³-hybridized carbons (Fsp3) is 0.167. The molecule has 7 nitrogen and oxygen atoms in total. The molecule has 8 heteroatoms. The van der Waals surface area contributed by atoms with E-state index >= 15 is 0 Å². The second-order valence-electron chi connectivity index (χ2n) is 3.93. The fourth-order valence-electron chi connectivity index (χ4n) is 1.64. The third-order valence-electron chi connectivity index (χ3n) is 2.63. The van der Waals surface area contributed by atoms with Crippen LogP contribution in [0.4, 0.5) is 11.4 Å². The molecular formula is C12H11BrN4O3. The molecule has 1 amide bonds. The Morgan fingerprint density at radius 2 is 2.30 bits per heavy atom. The van der Waals surface area contributed by atoms with E-state index in [1.54, 1.807) is 10.9 Å². The molecule has 0 saturated heterocycles. The van der Waals surface area contributed by atoms with Crippen LogP contribution in [0.15, 0.2) is 35.1 Å². The van der Waals surface area contributed by atoms with Gasteiger partial charge in [0.1, 0.15) is 4.47 Å². The molecule has 0 atom stereocenters. The summed E-state index contributed by atoms with van der Waals surface area (Å²) in [6.45, 7) is 2.62. The predicted molar refractivity (Wildman–Crippen MR) is 76.7 cm³/mol. The van der Waals surface area contributed by atoms with Gasteiger partial charge in [0, 0.05) is 18.8 Å². The second kappa shape index (κ2) is 5.83. The van der Waals surface area contributed by atoms with Crippen LogP contribution in [-0.2, 0) is 6.54 Å². The SMILES string of the molecule is CCn1cc(NC(=O)c2cccc([N+](=O)[O-])c2Br)cn1. The Kier molecular flexibility index (Phi) is 4.14. The van der Waals surface area contributed by atoms with Crippen molar-refractivity contribution < 1.29 is 9.72 Å². The van der Waals surface area contributed by atoms with Crippen molar-refractivity contribution in [3.05, 3.63) is 50.7 Å². The summed E-state index contributed by atoms with van der Waals surface area (Å²) in [5, 5.41) is 17.5. The summed E-state index contributed by atoms with van der Waals surface area (Å²) in [7, 11) is 0. The van der Waals surface area contributed by atoms with Gasteiger partial charge in [0.05, 0.1) is 22.4 Å². The maximum atomic E-state index is 12.1. The summed E-state index contributed by atoms with van der Waals surface area (Å²) in [5.41, 5.74) is 0.584. The Bertz CT molecular complexity index is 668. The number of nitro benzene ring substituents is 1. The number of amides is 1. The Balaban J connectivity index is 2.25. The number of aromatic nitrogens is 2. The number of nitrogens with one attached hydrogen (secondary N) is 1. The van der Waals surface area contributed by atoms with E-state index in [1.165, 1.54) is 24.4 Å². The number of anilines is 1. The van der Waals surface area contributed by atoms with Crippen LogP contribution in [-0.4, -0.2) is 20.6 Å². The van der Waals surface area contributed by atoms with Crippen LogP contribution in [0, 0.1) is 10.1 Å². The molecule has 0 radical (unpaired) electrons. The zero-order valence-corrected chi connectivity index (χ0v) is 12.1. The van der Waals surface area contributed by atoms with E-state index in [2.05, 4.69) is 26.3 Å². The predicted octanol–water partition coefficient (Wildman–Crippen LogP) is 2.83. The summed E-state index contributed by atoms with van der Waals surface area (Å²) in [4.78, 5) is 22.4. The Hall–Kier alpha value is -2.22. The minimum atomic E-state index is -0.546. The van der Waals surface area contributed by atoms with Crippen LogP contribution < -0.4 is 5.32 Å². The van der Waals surface area contributed by atoms with Crippen molar-refractivity contribution in [1.29, 1.82) is 0 Å². The summed E-state index contributed by atoms with van der Waals surface area (Å²) in [6, 6.07) is 4.31. The molecule has 0 aliphatic carbocycles. The lowest BCUT2D eigenvalue weighted by molar-refractivity contribution is -0.385. The van der Waals surface area contributed by atoms with Crippen molar-refractivity contribution in [2.75, 3.05) is 5.32 Å². The van der Waals surface area contributed by atoms with Gasteiger partial charge in [0.15, 0.2) is 0 Å². The lowest BCUT2D eigenvalue weighted by Gasteiger charge is -2.05. The van der Waals surface area contributed by atoms with E-state index in [-0.39, 0.29) is 15.7 Å². The van der Waals surface area contributed by atoms with Gasteiger partial charge in [-0.15, -0.1) is 0 Å². The van der Waals surface area contributed by atoms with Crippen LogP contribution in [0.25, 0.3) is 0 Å². The van der Waals surface area contributed by atoms with Crippen molar-refractivity contribution in [3.63, 3.8) is 0 Å². The highest BCUT2D eigenvalue weighted by Crippen LogP contribution is 2.28. The van der Waals surface area contributed by atoms with Crippen LogP contribution >= 0.6 is 15.9 Å². The quantitative estimate of drug-likeness (QED) is 0.685. The third-order valence-corrected chi connectivity index (χ3v) is 3.47. The average molecular weight is 339 g/mol. The fourth-order valence-corrected chi connectivity index (χ4v) is 2.22. The minimum Gasteiger partial charge on any atom is -0.319 e. The van der Waals surface area contributed by atoms with Crippen molar-refractivity contribution in [3.8, 4) is 0 Å². The van der Waals surface area contributed by atoms with Crippen molar-refractivity contribution in [2.45, 2.75) is 13.5 Å². The first-order valence-electron chi connectivity index (χ1n) is 5.79. The molecule has 1 heterocycles. The number of halogens is 1.